The minimum absolute atomic E-state index is 0.0673. The number of carbonyl (C=O) groups excluding carboxylic acids is 1. The molecule has 0 spiro atoms. The van der Waals surface area contributed by atoms with Gasteiger partial charge in [-0.2, -0.15) is 11.8 Å². The molecule has 4 nitrogen and oxygen atoms in total. The van der Waals surface area contributed by atoms with Crippen LogP contribution in [0.2, 0.25) is 0 Å². The number of ether oxygens (including phenoxy) is 1. The summed E-state index contributed by atoms with van der Waals surface area (Å²) in [5, 5.41) is 5.79. The van der Waals surface area contributed by atoms with Crippen LogP contribution in [-0.4, -0.2) is 43.3 Å². The molecule has 0 aromatic heterocycles. The van der Waals surface area contributed by atoms with Crippen LogP contribution in [0.5, 0.6) is 0 Å². The van der Waals surface area contributed by atoms with E-state index in [4.69, 9.17) is 4.74 Å². The van der Waals surface area contributed by atoms with Gasteiger partial charge in [-0.15, -0.1) is 0 Å². The van der Waals surface area contributed by atoms with Gasteiger partial charge in [0.15, 0.2) is 0 Å². The lowest BCUT2D eigenvalue weighted by Crippen LogP contribution is -2.42. The highest BCUT2D eigenvalue weighted by molar-refractivity contribution is 7.98. The zero-order valence-electron chi connectivity index (χ0n) is 10.8. The first kappa shape index (κ1) is 14.6. The Morgan fingerprint density at radius 2 is 2.35 bits per heavy atom. The fourth-order valence-electron chi connectivity index (χ4n) is 1.95. The van der Waals surface area contributed by atoms with Gasteiger partial charge in [0.1, 0.15) is 0 Å². The summed E-state index contributed by atoms with van der Waals surface area (Å²) in [5.74, 6) is 0.944. The number of carbonyl (C=O) groups is 1. The van der Waals surface area contributed by atoms with E-state index >= 15 is 0 Å². The molecule has 2 atom stereocenters. The lowest BCUT2D eigenvalue weighted by atomic mass is 10.1. The molecule has 1 saturated heterocycles. The van der Waals surface area contributed by atoms with Crippen LogP contribution in [0.4, 0.5) is 4.79 Å². The molecule has 5 heteroatoms. The van der Waals surface area contributed by atoms with Crippen LogP contribution in [-0.2, 0) is 4.74 Å². The Hall–Kier alpha value is -0.420. The number of hydrogen-bond acceptors (Lipinski definition) is 3. The number of thioether (sulfide) groups is 1. The average Bonchev–Trinajstić information content (AvgIpc) is 2.30. The van der Waals surface area contributed by atoms with Gasteiger partial charge in [-0.25, -0.2) is 4.79 Å². The average molecular weight is 260 g/mol. The van der Waals surface area contributed by atoms with Crippen LogP contribution in [0, 0.1) is 0 Å². The molecule has 0 radical (unpaired) electrons. The van der Waals surface area contributed by atoms with E-state index < -0.39 is 0 Å². The van der Waals surface area contributed by atoms with Crippen molar-refractivity contribution < 1.29 is 9.53 Å². The van der Waals surface area contributed by atoms with E-state index in [1.54, 1.807) is 11.8 Å². The van der Waals surface area contributed by atoms with Crippen LogP contribution in [0.3, 0.4) is 0 Å². The van der Waals surface area contributed by atoms with E-state index in [0.717, 1.165) is 25.2 Å². The van der Waals surface area contributed by atoms with Gasteiger partial charge in [0.2, 0.25) is 0 Å². The van der Waals surface area contributed by atoms with Gasteiger partial charge in [-0.3, -0.25) is 0 Å². The molecule has 2 N–H and O–H groups in total. The number of urea groups is 1. The predicted octanol–water partition coefficient (Wildman–Crippen LogP) is 2.00. The normalized spacial score (nSPS) is 21.9. The highest BCUT2D eigenvalue weighted by Gasteiger charge is 2.13. The third-order valence-corrected chi connectivity index (χ3v) is 3.65. The van der Waals surface area contributed by atoms with Gasteiger partial charge < -0.3 is 15.4 Å². The molecular weight excluding hydrogens is 236 g/mol. The van der Waals surface area contributed by atoms with Gasteiger partial charge in [0, 0.05) is 24.9 Å². The number of nitrogens with one attached hydrogen (secondary N) is 2. The first-order chi connectivity index (χ1) is 8.22. The zero-order chi connectivity index (χ0) is 12.5. The predicted molar refractivity (Wildman–Crippen MR) is 72.6 cm³/mol. The quantitative estimate of drug-likeness (QED) is 0.768. The van der Waals surface area contributed by atoms with Crippen molar-refractivity contribution in [3.05, 3.63) is 0 Å². The Balaban J connectivity index is 2.03. The summed E-state index contributed by atoms with van der Waals surface area (Å²) in [6.45, 7) is 3.59. The van der Waals surface area contributed by atoms with Crippen molar-refractivity contribution in [1.82, 2.24) is 10.6 Å². The Kier molecular flexibility index (Phi) is 7.44. The summed E-state index contributed by atoms with van der Waals surface area (Å²) in [6, 6.07) is 0.151. The van der Waals surface area contributed by atoms with Crippen molar-refractivity contribution in [2.24, 2.45) is 0 Å². The maximum atomic E-state index is 11.5. The van der Waals surface area contributed by atoms with E-state index in [1.165, 1.54) is 12.8 Å². The Morgan fingerprint density at radius 3 is 3.00 bits per heavy atom. The molecule has 0 bridgehead atoms. The summed E-state index contributed by atoms with van der Waals surface area (Å²) in [4.78, 5) is 11.5. The van der Waals surface area contributed by atoms with Crippen LogP contribution < -0.4 is 10.6 Å². The van der Waals surface area contributed by atoms with Gasteiger partial charge >= 0.3 is 6.03 Å². The SMILES string of the molecule is CSC[C@H](C)NC(=O)NCC[C@@H]1CCCCO1. The Bertz CT molecular complexity index is 221. The van der Waals surface area contributed by atoms with Gasteiger partial charge in [0.05, 0.1) is 6.10 Å². The standard InChI is InChI=1S/C12H24N2O2S/c1-10(9-17-2)14-12(15)13-7-6-11-5-3-4-8-16-11/h10-11H,3-9H2,1-2H3,(H2,13,14,15)/t10-,11-/m0/s1. The molecule has 0 unspecified atom stereocenters. The lowest BCUT2D eigenvalue weighted by Gasteiger charge is -2.22. The summed E-state index contributed by atoms with van der Waals surface area (Å²) in [6.07, 6.45) is 6.86. The minimum Gasteiger partial charge on any atom is -0.378 e. The minimum atomic E-state index is -0.0673. The Labute approximate surface area is 108 Å². The molecule has 0 saturated carbocycles. The van der Waals surface area contributed by atoms with E-state index in [1.807, 2.05) is 13.2 Å². The summed E-state index contributed by atoms with van der Waals surface area (Å²) >= 11 is 1.74. The molecule has 1 rings (SSSR count). The molecule has 2 amide bonds. The molecule has 0 aromatic rings. The smallest absolute Gasteiger partial charge is 0.315 e. The zero-order valence-corrected chi connectivity index (χ0v) is 11.6. The van der Waals surface area contributed by atoms with Crippen molar-refractivity contribution in [2.45, 2.75) is 44.8 Å². The van der Waals surface area contributed by atoms with Crippen LogP contribution >= 0.6 is 11.8 Å². The molecule has 0 aliphatic carbocycles. The second-order valence-electron chi connectivity index (χ2n) is 4.53. The fourth-order valence-corrected chi connectivity index (χ4v) is 2.53. The van der Waals surface area contributed by atoms with Gasteiger partial charge in [-0.05, 0) is 38.9 Å². The third kappa shape index (κ3) is 6.78. The largest absolute Gasteiger partial charge is 0.378 e. The van der Waals surface area contributed by atoms with E-state index in [-0.39, 0.29) is 12.1 Å². The molecule has 100 valence electrons. The highest BCUT2D eigenvalue weighted by Crippen LogP contribution is 2.14. The topological polar surface area (TPSA) is 50.4 Å². The summed E-state index contributed by atoms with van der Waals surface area (Å²) in [5.41, 5.74) is 0. The highest BCUT2D eigenvalue weighted by atomic mass is 32.2. The Morgan fingerprint density at radius 1 is 1.53 bits per heavy atom. The first-order valence-corrected chi connectivity index (χ1v) is 7.76. The van der Waals surface area contributed by atoms with Gasteiger partial charge in [0.25, 0.3) is 0 Å². The van der Waals surface area contributed by atoms with E-state index in [0.29, 0.717) is 12.6 Å². The number of amides is 2. The molecule has 17 heavy (non-hydrogen) atoms. The molecule has 1 fully saturated rings. The molecule has 0 aromatic carbocycles. The van der Waals surface area contributed by atoms with Crippen molar-refractivity contribution in [2.75, 3.05) is 25.2 Å². The van der Waals surface area contributed by atoms with Gasteiger partial charge in [-0.1, -0.05) is 0 Å². The van der Waals surface area contributed by atoms with E-state index in [9.17, 15) is 4.79 Å². The monoisotopic (exact) mass is 260 g/mol. The van der Waals surface area contributed by atoms with Crippen molar-refractivity contribution >= 4 is 17.8 Å². The molecule has 1 heterocycles. The first-order valence-electron chi connectivity index (χ1n) is 6.37. The maximum absolute atomic E-state index is 11.5. The second-order valence-corrected chi connectivity index (χ2v) is 5.44. The molecule has 1 aliphatic rings. The molecular formula is C12H24N2O2S. The summed E-state index contributed by atoms with van der Waals surface area (Å²) < 4.78 is 5.60. The van der Waals surface area contributed by atoms with Crippen LogP contribution in [0.25, 0.3) is 0 Å². The number of rotatable bonds is 6. The number of hydrogen-bond donors (Lipinski definition) is 2. The van der Waals surface area contributed by atoms with Crippen LogP contribution in [0.15, 0.2) is 0 Å². The second kappa shape index (κ2) is 8.64. The van der Waals surface area contributed by atoms with Crippen LogP contribution in [0.1, 0.15) is 32.6 Å². The fraction of sp³-hybridized carbons (Fsp3) is 0.917. The third-order valence-electron chi connectivity index (χ3n) is 2.82. The molecule has 1 aliphatic heterocycles. The summed E-state index contributed by atoms with van der Waals surface area (Å²) in [7, 11) is 0. The maximum Gasteiger partial charge on any atom is 0.315 e. The van der Waals surface area contributed by atoms with E-state index in [2.05, 4.69) is 10.6 Å². The van der Waals surface area contributed by atoms with Crippen molar-refractivity contribution in [1.29, 1.82) is 0 Å². The lowest BCUT2D eigenvalue weighted by molar-refractivity contribution is 0.0120. The van der Waals surface area contributed by atoms with Crippen molar-refractivity contribution in [3.63, 3.8) is 0 Å². The van der Waals surface area contributed by atoms with Crippen molar-refractivity contribution in [3.8, 4) is 0 Å².